The molecule has 1 saturated carbocycles. The van der Waals surface area contributed by atoms with Crippen molar-refractivity contribution in [2.24, 2.45) is 0 Å². The molecule has 0 aromatic heterocycles. The Morgan fingerprint density at radius 1 is 1.00 bits per heavy atom. The lowest BCUT2D eigenvalue weighted by atomic mass is 9.89. The van der Waals surface area contributed by atoms with Crippen LogP contribution in [-0.2, 0) is 0 Å². The van der Waals surface area contributed by atoms with Gasteiger partial charge in [-0.15, -0.1) is 6.58 Å². The number of hydrogen-bond donors (Lipinski definition) is 0. The van der Waals surface area contributed by atoms with Gasteiger partial charge in [-0.25, -0.2) is 0 Å². The van der Waals surface area contributed by atoms with Gasteiger partial charge in [0, 0.05) is 0 Å². The van der Waals surface area contributed by atoms with Gasteiger partial charge in [0.1, 0.15) is 0 Å². The molecule has 1 rings (SSSR count). The van der Waals surface area contributed by atoms with E-state index < -0.39 is 0 Å². The number of rotatable bonds is 2. The normalized spacial score (nSPS) is 22.2. The quantitative estimate of drug-likeness (QED) is 0.525. The molecule has 0 aromatic carbocycles. The second-order valence-corrected chi connectivity index (χ2v) is 3.51. The molecule has 1 aliphatic carbocycles. The minimum Gasteiger partial charge on any atom is -0.103 e. The van der Waals surface area contributed by atoms with Crippen molar-refractivity contribution >= 4 is 0 Å². The molecule has 0 aromatic rings. The Bertz CT molecular complexity index is 96.6. The third kappa shape index (κ3) is 3.60. The monoisotopic (exact) mass is 151 g/mol. The van der Waals surface area contributed by atoms with Crippen LogP contribution >= 0.6 is 0 Å². The largest absolute Gasteiger partial charge is 0.103 e. The summed E-state index contributed by atoms with van der Waals surface area (Å²) in [7, 11) is 0. The van der Waals surface area contributed by atoms with E-state index >= 15 is 0 Å². The number of hydrogen-bond acceptors (Lipinski definition) is 0. The lowest BCUT2D eigenvalue weighted by Gasteiger charge is -2.16. The fourth-order valence-electron chi connectivity index (χ4n) is 1.81. The Kier molecular flexibility index (Phi) is 4.33. The van der Waals surface area contributed by atoms with Crippen LogP contribution < -0.4 is 0 Å². The average Bonchev–Trinajstić information content (AvgIpc) is 1.94. The first-order valence-electron chi connectivity index (χ1n) is 4.88. The van der Waals surface area contributed by atoms with Gasteiger partial charge in [0.25, 0.3) is 0 Å². The highest BCUT2D eigenvalue weighted by Crippen LogP contribution is 2.26. The molecule has 0 heterocycles. The van der Waals surface area contributed by atoms with Gasteiger partial charge < -0.3 is 0 Å². The predicted octanol–water partition coefficient (Wildman–Crippen LogP) is 3.88. The summed E-state index contributed by atoms with van der Waals surface area (Å²) in [6.07, 6.45) is 13.1. The van der Waals surface area contributed by atoms with Gasteiger partial charge in [-0.1, -0.05) is 38.2 Å². The van der Waals surface area contributed by atoms with Gasteiger partial charge in [-0.05, 0) is 25.2 Å². The Balaban J connectivity index is 2.20. The molecule has 0 unspecified atom stereocenters. The Morgan fingerprint density at radius 2 is 1.55 bits per heavy atom. The molecule has 0 N–H and O–H groups in total. The van der Waals surface area contributed by atoms with Crippen LogP contribution in [0.2, 0.25) is 0 Å². The molecule has 0 nitrogen and oxygen atoms in total. The third-order valence-corrected chi connectivity index (χ3v) is 2.49. The summed E-state index contributed by atoms with van der Waals surface area (Å²) in [5.41, 5.74) is 0. The molecule has 0 aliphatic heterocycles. The van der Waals surface area contributed by atoms with E-state index in [1.54, 1.807) is 5.92 Å². The minimum atomic E-state index is 1.17. The minimum absolute atomic E-state index is 1.17. The van der Waals surface area contributed by atoms with E-state index in [1.165, 1.54) is 51.4 Å². The zero-order chi connectivity index (χ0) is 7.94. The SMILES string of the molecule is C=CC[C]1CCCCCCC1. The molecule has 1 aliphatic rings. The fourth-order valence-corrected chi connectivity index (χ4v) is 1.81. The van der Waals surface area contributed by atoms with E-state index in [1.807, 2.05) is 0 Å². The van der Waals surface area contributed by atoms with E-state index in [9.17, 15) is 0 Å². The van der Waals surface area contributed by atoms with Gasteiger partial charge in [0.2, 0.25) is 0 Å². The van der Waals surface area contributed by atoms with Crippen LogP contribution in [0.3, 0.4) is 0 Å². The molecule has 0 spiro atoms. The molecular weight excluding hydrogens is 132 g/mol. The summed E-state index contributed by atoms with van der Waals surface area (Å²) < 4.78 is 0. The highest BCUT2D eigenvalue weighted by Gasteiger charge is 2.09. The molecule has 0 atom stereocenters. The van der Waals surface area contributed by atoms with Crippen molar-refractivity contribution in [2.75, 3.05) is 0 Å². The van der Waals surface area contributed by atoms with E-state index in [0.29, 0.717) is 0 Å². The van der Waals surface area contributed by atoms with Crippen molar-refractivity contribution in [1.82, 2.24) is 0 Å². The van der Waals surface area contributed by atoms with Crippen molar-refractivity contribution in [3.05, 3.63) is 18.6 Å². The Morgan fingerprint density at radius 3 is 2.09 bits per heavy atom. The lowest BCUT2D eigenvalue weighted by Crippen LogP contribution is -1.99. The molecule has 63 valence electrons. The second-order valence-electron chi connectivity index (χ2n) is 3.51. The maximum atomic E-state index is 3.79. The molecule has 1 fully saturated rings. The Labute approximate surface area is 70.7 Å². The van der Waals surface area contributed by atoms with Crippen LogP contribution in [0.1, 0.15) is 51.4 Å². The fraction of sp³-hybridized carbons (Fsp3) is 0.727. The van der Waals surface area contributed by atoms with Crippen molar-refractivity contribution in [3.63, 3.8) is 0 Å². The first-order valence-corrected chi connectivity index (χ1v) is 4.88. The predicted molar refractivity (Wildman–Crippen MR) is 50.4 cm³/mol. The zero-order valence-corrected chi connectivity index (χ0v) is 7.44. The summed E-state index contributed by atoms with van der Waals surface area (Å²) in [6.45, 7) is 3.79. The maximum Gasteiger partial charge on any atom is -0.0204 e. The molecule has 1 radical (unpaired) electrons. The van der Waals surface area contributed by atoms with Gasteiger partial charge in [0.15, 0.2) is 0 Å². The lowest BCUT2D eigenvalue weighted by molar-refractivity contribution is 0.519. The summed E-state index contributed by atoms with van der Waals surface area (Å²) in [5.74, 6) is 1.74. The zero-order valence-electron chi connectivity index (χ0n) is 7.44. The maximum absolute atomic E-state index is 3.79. The van der Waals surface area contributed by atoms with Crippen LogP contribution in [0.4, 0.5) is 0 Å². The highest BCUT2D eigenvalue weighted by molar-refractivity contribution is 4.95. The van der Waals surface area contributed by atoms with E-state index in [0.717, 1.165) is 0 Å². The topological polar surface area (TPSA) is 0 Å². The molecule has 11 heavy (non-hydrogen) atoms. The molecule has 0 heteroatoms. The van der Waals surface area contributed by atoms with Crippen molar-refractivity contribution < 1.29 is 0 Å². The third-order valence-electron chi connectivity index (χ3n) is 2.49. The average molecular weight is 151 g/mol. The van der Waals surface area contributed by atoms with Crippen LogP contribution in [0.25, 0.3) is 0 Å². The summed E-state index contributed by atoms with van der Waals surface area (Å²) in [6, 6.07) is 0. The second kappa shape index (κ2) is 5.40. The summed E-state index contributed by atoms with van der Waals surface area (Å²) >= 11 is 0. The summed E-state index contributed by atoms with van der Waals surface area (Å²) in [5, 5.41) is 0. The number of allylic oxidation sites excluding steroid dienone is 1. The van der Waals surface area contributed by atoms with Gasteiger partial charge in [0.05, 0.1) is 0 Å². The van der Waals surface area contributed by atoms with E-state index in [2.05, 4.69) is 12.7 Å². The molecule has 0 bridgehead atoms. The van der Waals surface area contributed by atoms with Gasteiger partial charge >= 0.3 is 0 Å². The molecular formula is C11H19. The molecule has 0 saturated heterocycles. The van der Waals surface area contributed by atoms with Crippen LogP contribution in [0, 0.1) is 5.92 Å². The van der Waals surface area contributed by atoms with Crippen molar-refractivity contribution in [2.45, 2.75) is 51.4 Å². The smallest absolute Gasteiger partial charge is 0.0204 e. The van der Waals surface area contributed by atoms with E-state index in [4.69, 9.17) is 0 Å². The molecule has 0 amide bonds. The van der Waals surface area contributed by atoms with Crippen LogP contribution in [0.5, 0.6) is 0 Å². The van der Waals surface area contributed by atoms with Gasteiger partial charge in [-0.3, -0.25) is 0 Å². The van der Waals surface area contributed by atoms with Crippen molar-refractivity contribution in [3.8, 4) is 0 Å². The first-order chi connectivity index (χ1) is 5.43. The van der Waals surface area contributed by atoms with Crippen LogP contribution in [-0.4, -0.2) is 0 Å². The first kappa shape index (κ1) is 8.83. The van der Waals surface area contributed by atoms with E-state index in [-0.39, 0.29) is 0 Å². The van der Waals surface area contributed by atoms with Gasteiger partial charge in [-0.2, -0.15) is 0 Å². The Hall–Kier alpha value is -0.260. The van der Waals surface area contributed by atoms with Crippen LogP contribution in [0.15, 0.2) is 12.7 Å². The van der Waals surface area contributed by atoms with Crippen molar-refractivity contribution in [1.29, 1.82) is 0 Å². The standard InChI is InChI=1S/C11H19/c1-2-8-11-9-6-4-3-5-7-10-11/h2H,1,3-10H2. The highest BCUT2D eigenvalue weighted by atomic mass is 14.1. The summed E-state index contributed by atoms with van der Waals surface area (Å²) in [4.78, 5) is 0.